The summed E-state index contributed by atoms with van der Waals surface area (Å²) < 4.78 is 9.93. The summed E-state index contributed by atoms with van der Waals surface area (Å²) in [6.45, 7) is 3.82. The van der Waals surface area contributed by atoms with E-state index in [0.717, 1.165) is 12.8 Å². The number of hydrogen-bond donors (Lipinski definition) is 0. The third kappa shape index (κ3) is 7.51. The SMILES string of the molecule is CCCC(=O)OC[C@@H](CCl)OC(=O)CCC. The fraction of sp³-hybridized carbons (Fsp3) is 0.818. The lowest BCUT2D eigenvalue weighted by Gasteiger charge is -2.15. The van der Waals surface area contributed by atoms with Gasteiger partial charge in [0.15, 0.2) is 0 Å². The van der Waals surface area contributed by atoms with Crippen LogP contribution in [0.2, 0.25) is 0 Å². The van der Waals surface area contributed by atoms with E-state index >= 15 is 0 Å². The number of ether oxygens (including phenoxy) is 2. The highest BCUT2D eigenvalue weighted by Crippen LogP contribution is 2.02. The molecule has 0 bridgehead atoms. The second-order valence-corrected chi connectivity index (χ2v) is 3.76. The van der Waals surface area contributed by atoms with Gasteiger partial charge >= 0.3 is 11.9 Å². The minimum Gasteiger partial charge on any atom is -0.462 e. The molecule has 0 aromatic carbocycles. The Morgan fingerprint density at radius 1 is 1.12 bits per heavy atom. The zero-order valence-corrected chi connectivity index (χ0v) is 10.6. The average Bonchev–Trinajstić information content (AvgIpc) is 2.25. The Kier molecular flexibility index (Phi) is 9.00. The molecule has 0 fully saturated rings. The lowest BCUT2D eigenvalue weighted by molar-refractivity contribution is -0.157. The molecular weight excluding hydrogens is 232 g/mol. The van der Waals surface area contributed by atoms with Gasteiger partial charge in [-0.2, -0.15) is 0 Å². The van der Waals surface area contributed by atoms with Crippen LogP contribution in [0.5, 0.6) is 0 Å². The minimum absolute atomic E-state index is 0.0395. The number of esters is 2. The molecule has 0 unspecified atom stereocenters. The van der Waals surface area contributed by atoms with E-state index in [-0.39, 0.29) is 24.4 Å². The van der Waals surface area contributed by atoms with Gasteiger partial charge in [-0.05, 0) is 12.8 Å². The summed E-state index contributed by atoms with van der Waals surface area (Å²) in [5.74, 6) is -0.460. The summed E-state index contributed by atoms with van der Waals surface area (Å²) in [7, 11) is 0. The molecule has 0 aliphatic rings. The van der Waals surface area contributed by atoms with Gasteiger partial charge in [-0.25, -0.2) is 0 Å². The lowest BCUT2D eigenvalue weighted by atomic mass is 10.3. The molecule has 1 atom stereocenters. The van der Waals surface area contributed by atoms with E-state index in [9.17, 15) is 9.59 Å². The van der Waals surface area contributed by atoms with Gasteiger partial charge in [-0.3, -0.25) is 9.59 Å². The van der Waals surface area contributed by atoms with Crippen LogP contribution in [0.1, 0.15) is 39.5 Å². The first-order valence-corrected chi connectivity index (χ1v) is 6.08. The number of alkyl halides is 1. The number of carbonyl (C=O) groups is 2. The topological polar surface area (TPSA) is 52.6 Å². The van der Waals surface area contributed by atoms with E-state index in [0.29, 0.717) is 12.8 Å². The van der Waals surface area contributed by atoms with E-state index < -0.39 is 6.10 Å². The lowest BCUT2D eigenvalue weighted by Crippen LogP contribution is -2.26. The van der Waals surface area contributed by atoms with Gasteiger partial charge in [-0.1, -0.05) is 13.8 Å². The first kappa shape index (κ1) is 15.2. The molecule has 0 aromatic heterocycles. The van der Waals surface area contributed by atoms with E-state index in [1.54, 1.807) is 0 Å². The number of halogens is 1. The van der Waals surface area contributed by atoms with Gasteiger partial charge in [0, 0.05) is 12.8 Å². The zero-order valence-electron chi connectivity index (χ0n) is 9.83. The summed E-state index contributed by atoms with van der Waals surface area (Å²) >= 11 is 5.60. The fourth-order valence-electron chi connectivity index (χ4n) is 1.02. The molecule has 4 nitrogen and oxygen atoms in total. The van der Waals surface area contributed by atoms with Crippen LogP contribution in [0, 0.1) is 0 Å². The highest BCUT2D eigenvalue weighted by molar-refractivity contribution is 6.18. The minimum atomic E-state index is -0.540. The molecule has 0 aliphatic carbocycles. The third-order valence-corrected chi connectivity index (χ3v) is 2.15. The van der Waals surface area contributed by atoms with Crippen molar-refractivity contribution in [2.45, 2.75) is 45.6 Å². The van der Waals surface area contributed by atoms with Crippen molar-refractivity contribution in [1.29, 1.82) is 0 Å². The van der Waals surface area contributed by atoms with Crippen LogP contribution < -0.4 is 0 Å². The monoisotopic (exact) mass is 250 g/mol. The summed E-state index contributed by atoms with van der Waals surface area (Å²) in [5, 5.41) is 0. The van der Waals surface area contributed by atoms with Crippen LogP contribution in [0.15, 0.2) is 0 Å². The molecular formula is C11H19ClO4. The second kappa shape index (κ2) is 9.46. The van der Waals surface area contributed by atoms with Gasteiger partial charge in [0.25, 0.3) is 0 Å². The Morgan fingerprint density at radius 3 is 2.19 bits per heavy atom. The Morgan fingerprint density at radius 2 is 1.69 bits per heavy atom. The number of carbonyl (C=O) groups excluding carboxylic acids is 2. The van der Waals surface area contributed by atoms with Crippen molar-refractivity contribution in [3.63, 3.8) is 0 Å². The van der Waals surface area contributed by atoms with Gasteiger partial charge in [0.2, 0.25) is 0 Å². The van der Waals surface area contributed by atoms with Gasteiger partial charge in [-0.15, -0.1) is 11.6 Å². The van der Waals surface area contributed by atoms with Crippen LogP contribution in [-0.2, 0) is 19.1 Å². The molecule has 0 heterocycles. The van der Waals surface area contributed by atoms with Crippen molar-refractivity contribution in [2.75, 3.05) is 12.5 Å². The Balaban J connectivity index is 3.82. The molecule has 0 saturated carbocycles. The summed E-state index contributed by atoms with van der Waals surface area (Å²) in [4.78, 5) is 22.2. The quantitative estimate of drug-likeness (QED) is 0.490. The van der Waals surface area contributed by atoms with E-state index in [1.807, 2.05) is 13.8 Å². The molecule has 0 radical (unpaired) electrons. The maximum Gasteiger partial charge on any atom is 0.306 e. The van der Waals surface area contributed by atoms with Crippen molar-refractivity contribution in [3.8, 4) is 0 Å². The van der Waals surface area contributed by atoms with Gasteiger partial charge in [0.1, 0.15) is 12.7 Å². The van der Waals surface area contributed by atoms with E-state index in [4.69, 9.17) is 21.1 Å². The summed E-state index contributed by atoms with van der Waals surface area (Å²) in [6, 6.07) is 0. The van der Waals surface area contributed by atoms with Gasteiger partial charge < -0.3 is 9.47 Å². The standard InChI is InChI=1S/C11H19ClO4/c1-3-5-10(13)15-8-9(7-12)16-11(14)6-4-2/h9H,3-8H2,1-2H3/t9-/m1/s1. The van der Waals surface area contributed by atoms with Gasteiger partial charge in [0.05, 0.1) is 5.88 Å². The highest BCUT2D eigenvalue weighted by Gasteiger charge is 2.15. The largest absolute Gasteiger partial charge is 0.462 e. The Bertz CT molecular complexity index is 218. The predicted octanol–water partition coefficient (Wildman–Crippen LogP) is 2.28. The Labute approximate surface area is 101 Å². The molecule has 0 aliphatic heterocycles. The molecule has 0 aromatic rings. The van der Waals surface area contributed by atoms with Crippen LogP contribution >= 0.6 is 11.6 Å². The molecule has 0 rings (SSSR count). The molecule has 0 amide bonds. The van der Waals surface area contributed by atoms with E-state index in [1.165, 1.54) is 0 Å². The molecule has 5 heteroatoms. The van der Waals surface area contributed by atoms with Crippen molar-refractivity contribution in [2.24, 2.45) is 0 Å². The zero-order chi connectivity index (χ0) is 12.4. The molecule has 0 saturated heterocycles. The normalized spacial score (nSPS) is 11.9. The maximum atomic E-state index is 11.2. The van der Waals surface area contributed by atoms with Crippen LogP contribution in [0.3, 0.4) is 0 Å². The average molecular weight is 251 g/mol. The smallest absolute Gasteiger partial charge is 0.306 e. The fourth-order valence-corrected chi connectivity index (χ4v) is 1.17. The predicted molar refractivity (Wildman–Crippen MR) is 61.4 cm³/mol. The van der Waals surface area contributed by atoms with Crippen molar-refractivity contribution >= 4 is 23.5 Å². The number of rotatable bonds is 8. The first-order chi connectivity index (χ1) is 7.63. The molecule has 16 heavy (non-hydrogen) atoms. The summed E-state index contributed by atoms with van der Waals surface area (Å²) in [6.07, 6.45) is 1.65. The molecule has 0 spiro atoms. The van der Waals surface area contributed by atoms with Crippen molar-refractivity contribution in [3.05, 3.63) is 0 Å². The molecule has 0 N–H and O–H groups in total. The van der Waals surface area contributed by atoms with Crippen LogP contribution in [0.25, 0.3) is 0 Å². The highest BCUT2D eigenvalue weighted by atomic mass is 35.5. The van der Waals surface area contributed by atoms with E-state index in [2.05, 4.69) is 0 Å². The Hall–Kier alpha value is -0.770. The van der Waals surface area contributed by atoms with Crippen molar-refractivity contribution in [1.82, 2.24) is 0 Å². The molecule has 94 valence electrons. The first-order valence-electron chi connectivity index (χ1n) is 5.55. The number of hydrogen-bond acceptors (Lipinski definition) is 4. The third-order valence-electron chi connectivity index (χ3n) is 1.81. The van der Waals surface area contributed by atoms with Crippen LogP contribution in [0.4, 0.5) is 0 Å². The van der Waals surface area contributed by atoms with Crippen molar-refractivity contribution < 1.29 is 19.1 Å². The van der Waals surface area contributed by atoms with Crippen LogP contribution in [-0.4, -0.2) is 30.5 Å². The summed E-state index contributed by atoms with van der Waals surface area (Å²) in [5.41, 5.74) is 0. The second-order valence-electron chi connectivity index (χ2n) is 3.45. The maximum absolute atomic E-state index is 11.2.